The summed E-state index contributed by atoms with van der Waals surface area (Å²) in [6.45, 7) is 3.82. The molecule has 5 nitrogen and oxygen atoms in total. The molecular weight excluding hydrogens is 298 g/mol. The molecule has 1 aromatic carbocycles. The number of benzene rings is 1. The number of piperidine rings is 1. The Morgan fingerprint density at radius 3 is 2.10 bits per heavy atom. The quantitative estimate of drug-likeness (QED) is 0.798. The fourth-order valence-corrected chi connectivity index (χ4v) is 4.96. The van der Waals surface area contributed by atoms with Crippen LogP contribution in [-0.4, -0.2) is 33.6 Å². The summed E-state index contributed by atoms with van der Waals surface area (Å²) in [6, 6.07) is 5.28. The van der Waals surface area contributed by atoms with Crippen LogP contribution in [0.2, 0.25) is 0 Å². The van der Waals surface area contributed by atoms with E-state index in [9.17, 15) is 17.2 Å². The lowest BCUT2D eigenvalue weighted by molar-refractivity contribution is 0.204. The Kier molecular flexibility index (Phi) is 4.63. The Morgan fingerprint density at radius 1 is 1.15 bits per heavy atom. The van der Waals surface area contributed by atoms with Crippen LogP contribution in [0.5, 0.6) is 0 Å². The third kappa shape index (κ3) is 2.95. The van der Waals surface area contributed by atoms with E-state index < -0.39 is 21.1 Å². The molecule has 1 saturated heterocycles. The molecule has 0 N–H and O–H groups in total. The van der Waals surface area contributed by atoms with Crippen molar-refractivity contribution in [3.05, 3.63) is 24.3 Å². The first-order chi connectivity index (χ1) is 9.34. The van der Waals surface area contributed by atoms with E-state index in [1.165, 1.54) is 24.3 Å². The van der Waals surface area contributed by atoms with Crippen LogP contribution in [0, 0.1) is 0 Å². The molecule has 0 aromatic heterocycles. The first-order valence-electron chi connectivity index (χ1n) is 6.57. The van der Waals surface area contributed by atoms with Crippen LogP contribution < -0.4 is 0 Å². The van der Waals surface area contributed by atoms with E-state index in [1.807, 2.05) is 13.8 Å². The van der Waals surface area contributed by atoms with Crippen molar-refractivity contribution in [2.24, 2.45) is 0 Å². The minimum atomic E-state index is -3.57. The van der Waals surface area contributed by atoms with Gasteiger partial charge in [0.25, 0.3) is 0 Å². The van der Waals surface area contributed by atoms with E-state index >= 15 is 0 Å². The maximum Gasteiger partial charge on any atom is 0.243 e. The zero-order chi connectivity index (χ0) is 14.9. The number of nitrogens with zero attached hydrogens (tertiary/aromatic N) is 1. The predicted octanol–water partition coefficient (Wildman–Crippen LogP) is 1.88. The Labute approximate surface area is 122 Å². The minimum Gasteiger partial charge on any atom is -0.768 e. The summed E-state index contributed by atoms with van der Waals surface area (Å²) in [5, 5.41) is 0. The normalized spacial score (nSPS) is 26.4. The molecule has 0 saturated carbocycles. The molecule has 1 fully saturated rings. The average molecular weight is 316 g/mol. The highest BCUT2D eigenvalue weighted by Crippen LogP contribution is 2.29. The molecule has 3 atom stereocenters. The van der Waals surface area contributed by atoms with Gasteiger partial charge in [-0.1, -0.05) is 6.42 Å². The van der Waals surface area contributed by atoms with Gasteiger partial charge >= 0.3 is 0 Å². The highest BCUT2D eigenvalue weighted by molar-refractivity contribution is 7.89. The highest BCUT2D eigenvalue weighted by Gasteiger charge is 2.35. The molecule has 0 amide bonds. The monoisotopic (exact) mass is 316 g/mol. The van der Waals surface area contributed by atoms with Crippen LogP contribution in [0.15, 0.2) is 34.1 Å². The highest BCUT2D eigenvalue weighted by atomic mass is 32.2. The number of rotatable bonds is 3. The number of sulfonamides is 1. The molecule has 1 aliphatic heterocycles. The molecule has 0 bridgehead atoms. The standard InChI is InChI=1S/C13H19NO4S2/c1-10-4-3-5-11(2)14(10)20(17,18)13-8-6-12(7-9-13)19(15)16/h6-11H,3-5H2,1-2H3,(H,15,16)/p-1. The molecule has 1 aliphatic rings. The van der Waals surface area contributed by atoms with E-state index in [1.54, 1.807) is 4.31 Å². The molecule has 0 radical (unpaired) electrons. The van der Waals surface area contributed by atoms with Gasteiger partial charge in [0.2, 0.25) is 10.0 Å². The Hall–Kier alpha value is -0.760. The molecule has 1 aromatic rings. The zero-order valence-electron chi connectivity index (χ0n) is 11.5. The van der Waals surface area contributed by atoms with Crippen LogP contribution >= 0.6 is 0 Å². The lowest BCUT2D eigenvalue weighted by Gasteiger charge is -2.37. The van der Waals surface area contributed by atoms with E-state index in [-0.39, 0.29) is 21.9 Å². The second-order valence-corrected chi connectivity index (χ2v) is 7.95. The van der Waals surface area contributed by atoms with Crippen molar-refractivity contribution >= 4 is 21.1 Å². The first-order valence-corrected chi connectivity index (χ1v) is 9.08. The maximum absolute atomic E-state index is 12.7. The van der Waals surface area contributed by atoms with E-state index in [4.69, 9.17) is 0 Å². The third-order valence-electron chi connectivity index (χ3n) is 3.70. The zero-order valence-corrected chi connectivity index (χ0v) is 13.1. The van der Waals surface area contributed by atoms with Crippen molar-refractivity contribution in [1.29, 1.82) is 0 Å². The van der Waals surface area contributed by atoms with Gasteiger partial charge in [-0.15, -0.1) is 0 Å². The van der Waals surface area contributed by atoms with Crippen molar-refractivity contribution < 1.29 is 17.2 Å². The summed E-state index contributed by atoms with van der Waals surface area (Å²) >= 11 is -2.34. The van der Waals surface area contributed by atoms with Crippen molar-refractivity contribution in [3.63, 3.8) is 0 Å². The summed E-state index contributed by atoms with van der Waals surface area (Å²) in [6.07, 6.45) is 2.74. The van der Waals surface area contributed by atoms with Gasteiger partial charge in [-0.25, -0.2) is 8.42 Å². The molecule has 0 spiro atoms. The summed E-state index contributed by atoms with van der Waals surface area (Å²) in [5.41, 5.74) is 0. The van der Waals surface area contributed by atoms with Gasteiger partial charge < -0.3 is 4.55 Å². The van der Waals surface area contributed by atoms with Gasteiger partial charge in [-0.2, -0.15) is 4.31 Å². The van der Waals surface area contributed by atoms with E-state index in [0.29, 0.717) is 0 Å². The summed E-state index contributed by atoms with van der Waals surface area (Å²) in [4.78, 5) is 0.232. The van der Waals surface area contributed by atoms with Crippen molar-refractivity contribution in [1.82, 2.24) is 4.31 Å². The number of hydrogen-bond acceptors (Lipinski definition) is 4. The lowest BCUT2D eigenvalue weighted by atomic mass is 10.0. The Balaban J connectivity index is 2.36. The van der Waals surface area contributed by atoms with Crippen molar-refractivity contribution in [2.75, 3.05) is 0 Å². The first kappa shape index (κ1) is 15.6. The predicted molar refractivity (Wildman–Crippen MR) is 75.4 cm³/mol. The smallest absolute Gasteiger partial charge is 0.243 e. The largest absolute Gasteiger partial charge is 0.768 e. The molecule has 2 rings (SSSR count). The molecule has 1 heterocycles. The van der Waals surface area contributed by atoms with Gasteiger partial charge in [0.05, 0.1) is 4.90 Å². The Bertz CT molecular complexity index is 587. The summed E-state index contributed by atoms with van der Waals surface area (Å²) in [5.74, 6) is 0. The maximum atomic E-state index is 12.7. The van der Waals surface area contributed by atoms with Crippen LogP contribution in [0.25, 0.3) is 0 Å². The molecule has 0 aliphatic carbocycles. The van der Waals surface area contributed by atoms with Gasteiger partial charge in [-0.3, -0.25) is 4.21 Å². The fraction of sp³-hybridized carbons (Fsp3) is 0.538. The van der Waals surface area contributed by atoms with Gasteiger partial charge in [0.15, 0.2) is 0 Å². The summed E-state index contributed by atoms with van der Waals surface area (Å²) in [7, 11) is -3.57. The fourth-order valence-electron chi connectivity index (χ4n) is 2.72. The SMILES string of the molecule is CC1CCCC(C)N1S(=O)(=O)c1ccc(S(=O)[O-])cc1. The van der Waals surface area contributed by atoms with E-state index in [0.717, 1.165) is 19.3 Å². The third-order valence-corrected chi connectivity index (χ3v) is 6.50. The Morgan fingerprint density at radius 2 is 1.65 bits per heavy atom. The molecular formula is C13H18NO4S2-. The van der Waals surface area contributed by atoms with Crippen LogP contribution in [0.4, 0.5) is 0 Å². The minimum absolute atomic E-state index is 0.0305. The lowest BCUT2D eigenvalue weighted by Crippen LogP contribution is -2.47. The second-order valence-electron chi connectivity index (χ2n) is 5.17. The van der Waals surface area contributed by atoms with Gasteiger partial charge in [0, 0.05) is 17.0 Å². The average Bonchev–Trinajstić information content (AvgIpc) is 2.38. The summed E-state index contributed by atoms with van der Waals surface area (Å²) < 4.78 is 48.5. The van der Waals surface area contributed by atoms with Crippen molar-refractivity contribution in [2.45, 2.75) is 55.0 Å². The van der Waals surface area contributed by atoms with Gasteiger partial charge in [0.1, 0.15) is 0 Å². The van der Waals surface area contributed by atoms with E-state index in [2.05, 4.69) is 0 Å². The topological polar surface area (TPSA) is 77.5 Å². The van der Waals surface area contributed by atoms with Crippen LogP contribution in [0.1, 0.15) is 33.1 Å². The molecule has 112 valence electrons. The van der Waals surface area contributed by atoms with Crippen LogP contribution in [-0.2, 0) is 21.1 Å². The van der Waals surface area contributed by atoms with Crippen molar-refractivity contribution in [3.8, 4) is 0 Å². The molecule has 7 heteroatoms. The van der Waals surface area contributed by atoms with Crippen LogP contribution in [0.3, 0.4) is 0 Å². The molecule has 3 unspecified atom stereocenters. The molecule has 20 heavy (non-hydrogen) atoms. The van der Waals surface area contributed by atoms with Gasteiger partial charge in [-0.05, 0) is 62.0 Å². The number of hydrogen-bond donors (Lipinski definition) is 0. The second kappa shape index (κ2) is 5.93.